The highest BCUT2D eigenvalue weighted by Gasteiger charge is 2.38. The Bertz CT molecular complexity index is 891. The van der Waals surface area contributed by atoms with Crippen LogP contribution in [-0.4, -0.2) is 19.1 Å². The Morgan fingerprint density at radius 3 is 2.26 bits per heavy atom. The Morgan fingerprint density at radius 1 is 1.00 bits per heavy atom. The minimum absolute atomic E-state index is 0.0300. The van der Waals surface area contributed by atoms with E-state index in [-0.39, 0.29) is 15.6 Å². The fourth-order valence-electron chi connectivity index (χ4n) is 2.66. The quantitative estimate of drug-likeness (QED) is 0.910. The van der Waals surface area contributed by atoms with Crippen LogP contribution < -0.4 is 4.74 Å². The molecule has 1 heterocycles. The second kappa shape index (κ2) is 5.13. The van der Waals surface area contributed by atoms with Crippen LogP contribution in [0.2, 0.25) is 0 Å². The zero-order chi connectivity index (χ0) is 16.8. The summed E-state index contributed by atoms with van der Waals surface area (Å²) in [6, 6.07) is 12.7. The number of phenolic OH excluding ortho intramolecular Hbond substituents is 1. The van der Waals surface area contributed by atoms with Crippen molar-refractivity contribution in [1.29, 1.82) is 0 Å². The first kappa shape index (κ1) is 15.6. The molecule has 0 aromatic heterocycles. The van der Waals surface area contributed by atoms with Gasteiger partial charge in [-0.1, -0.05) is 12.1 Å². The smallest absolute Gasteiger partial charge is 0.207 e. The number of phenols is 1. The van der Waals surface area contributed by atoms with Gasteiger partial charge in [0.2, 0.25) is 9.84 Å². The van der Waals surface area contributed by atoms with Gasteiger partial charge in [0.05, 0.1) is 9.80 Å². The van der Waals surface area contributed by atoms with Gasteiger partial charge in [-0.15, -0.1) is 0 Å². The summed E-state index contributed by atoms with van der Waals surface area (Å²) in [6.07, 6.45) is 0. The molecule has 0 unspecified atom stereocenters. The molecule has 2 aromatic rings. The van der Waals surface area contributed by atoms with Gasteiger partial charge in [-0.3, -0.25) is 0 Å². The maximum atomic E-state index is 13.2. The van der Waals surface area contributed by atoms with E-state index >= 15 is 0 Å². The summed E-state index contributed by atoms with van der Waals surface area (Å²) in [6.45, 7) is 5.48. The van der Waals surface area contributed by atoms with Gasteiger partial charge in [0.25, 0.3) is 0 Å². The van der Waals surface area contributed by atoms with Crippen LogP contribution in [0.5, 0.6) is 11.5 Å². The van der Waals surface area contributed by atoms with Crippen molar-refractivity contribution in [3.8, 4) is 11.5 Å². The molecule has 0 saturated carbocycles. The third kappa shape index (κ3) is 2.51. The number of benzene rings is 2. The third-order valence-corrected chi connectivity index (χ3v) is 6.11. The fraction of sp³-hybridized carbons (Fsp3) is 0.222. The predicted octanol–water partition coefficient (Wildman–Crippen LogP) is 3.77. The van der Waals surface area contributed by atoms with Crippen molar-refractivity contribution in [3.05, 3.63) is 59.7 Å². The van der Waals surface area contributed by atoms with Crippen LogP contribution in [0, 0.1) is 0 Å². The summed E-state index contributed by atoms with van der Waals surface area (Å²) in [5.74, 6) is 0.586. The van der Waals surface area contributed by atoms with Crippen LogP contribution in [-0.2, 0) is 9.84 Å². The molecular weight excluding hydrogens is 312 g/mol. The van der Waals surface area contributed by atoms with E-state index in [0.29, 0.717) is 16.9 Å². The second-order valence-electron chi connectivity index (χ2n) is 6.06. The van der Waals surface area contributed by atoms with Gasteiger partial charge >= 0.3 is 0 Å². The molecule has 1 aliphatic heterocycles. The van der Waals surface area contributed by atoms with E-state index in [4.69, 9.17) is 4.74 Å². The van der Waals surface area contributed by atoms with E-state index in [2.05, 4.69) is 0 Å². The molecule has 0 saturated heterocycles. The number of aromatic hydroxyl groups is 1. The van der Waals surface area contributed by atoms with Crippen LogP contribution in [0.3, 0.4) is 0 Å². The standard InChI is InChI=1S/C18H18O4S/c1-12-17(23(20,21)14-10-8-13(19)9-11-14)15-6-4-5-7-16(15)22-18(12,2)3/h4-11,19H,1-3H3. The average molecular weight is 330 g/mol. The van der Waals surface area contributed by atoms with Gasteiger partial charge in [0.15, 0.2) is 0 Å². The number of hydrogen-bond donors (Lipinski definition) is 1. The molecule has 4 nitrogen and oxygen atoms in total. The van der Waals surface area contributed by atoms with Crippen LogP contribution in [0.1, 0.15) is 26.3 Å². The number of fused-ring (bicyclic) bond motifs is 1. The minimum Gasteiger partial charge on any atom is -0.508 e. The summed E-state index contributed by atoms with van der Waals surface area (Å²) in [5.41, 5.74) is 0.509. The van der Waals surface area contributed by atoms with Crippen molar-refractivity contribution in [2.24, 2.45) is 0 Å². The highest BCUT2D eigenvalue weighted by atomic mass is 32.2. The highest BCUT2D eigenvalue weighted by Crippen LogP contribution is 2.44. The summed E-state index contributed by atoms with van der Waals surface area (Å²) < 4.78 is 32.3. The average Bonchev–Trinajstić information content (AvgIpc) is 2.48. The lowest BCUT2D eigenvalue weighted by atomic mass is 9.93. The van der Waals surface area contributed by atoms with Crippen LogP contribution >= 0.6 is 0 Å². The van der Waals surface area contributed by atoms with Gasteiger partial charge in [-0.2, -0.15) is 0 Å². The second-order valence-corrected chi connectivity index (χ2v) is 7.95. The van der Waals surface area contributed by atoms with Crippen molar-refractivity contribution in [2.75, 3.05) is 0 Å². The molecule has 0 atom stereocenters. The van der Waals surface area contributed by atoms with Crippen molar-refractivity contribution in [2.45, 2.75) is 31.3 Å². The summed E-state index contributed by atoms with van der Waals surface area (Å²) in [5, 5.41) is 9.40. The van der Waals surface area contributed by atoms with E-state index < -0.39 is 15.4 Å². The van der Waals surface area contributed by atoms with E-state index in [1.165, 1.54) is 24.3 Å². The molecular formula is C18H18O4S. The molecule has 0 fully saturated rings. The Balaban J connectivity index is 2.29. The number of hydrogen-bond acceptors (Lipinski definition) is 4. The molecule has 120 valence electrons. The zero-order valence-electron chi connectivity index (χ0n) is 13.2. The summed E-state index contributed by atoms with van der Waals surface area (Å²) in [7, 11) is -3.72. The summed E-state index contributed by atoms with van der Waals surface area (Å²) in [4.78, 5) is 0.423. The van der Waals surface area contributed by atoms with Gasteiger partial charge in [0, 0.05) is 5.56 Å². The number of ether oxygens (including phenoxy) is 1. The largest absolute Gasteiger partial charge is 0.508 e. The third-order valence-electron chi connectivity index (χ3n) is 4.16. The molecule has 0 aliphatic carbocycles. The molecule has 1 N–H and O–H groups in total. The molecule has 23 heavy (non-hydrogen) atoms. The van der Waals surface area contributed by atoms with Crippen LogP contribution in [0.15, 0.2) is 59.0 Å². The lowest BCUT2D eigenvalue weighted by Crippen LogP contribution is -2.34. The minimum atomic E-state index is -3.72. The van der Waals surface area contributed by atoms with Gasteiger partial charge in [-0.05, 0) is 62.7 Å². The Kier molecular flexibility index (Phi) is 3.48. The van der Waals surface area contributed by atoms with Crippen LogP contribution in [0.25, 0.3) is 4.91 Å². The summed E-state index contributed by atoms with van der Waals surface area (Å²) >= 11 is 0. The first-order chi connectivity index (χ1) is 10.7. The topological polar surface area (TPSA) is 63.6 Å². The van der Waals surface area contributed by atoms with Crippen molar-refractivity contribution in [3.63, 3.8) is 0 Å². The molecule has 2 aromatic carbocycles. The SMILES string of the molecule is CC1=C(S(=O)(=O)c2ccc(O)cc2)c2ccccc2OC1(C)C. The van der Waals surface area contributed by atoms with Crippen molar-refractivity contribution < 1.29 is 18.3 Å². The Labute approximate surface area is 136 Å². The molecule has 0 amide bonds. The number of sulfone groups is 1. The fourth-order valence-corrected chi connectivity index (χ4v) is 4.50. The maximum absolute atomic E-state index is 13.2. The monoisotopic (exact) mass is 330 g/mol. The molecule has 5 heteroatoms. The van der Waals surface area contributed by atoms with Gasteiger partial charge < -0.3 is 9.84 Å². The Morgan fingerprint density at radius 2 is 1.61 bits per heavy atom. The predicted molar refractivity (Wildman–Crippen MR) is 89.0 cm³/mol. The highest BCUT2D eigenvalue weighted by molar-refractivity contribution is 8.00. The first-order valence-corrected chi connectivity index (χ1v) is 8.76. The van der Waals surface area contributed by atoms with Gasteiger partial charge in [-0.25, -0.2) is 8.42 Å². The van der Waals surface area contributed by atoms with Crippen LogP contribution in [0.4, 0.5) is 0 Å². The van der Waals surface area contributed by atoms with E-state index in [9.17, 15) is 13.5 Å². The maximum Gasteiger partial charge on any atom is 0.207 e. The van der Waals surface area contributed by atoms with E-state index in [1.807, 2.05) is 19.9 Å². The Hall–Kier alpha value is -2.27. The molecule has 0 spiro atoms. The normalized spacial score (nSPS) is 16.7. The number of para-hydroxylation sites is 1. The lowest BCUT2D eigenvalue weighted by Gasteiger charge is -2.35. The van der Waals surface area contributed by atoms with E-state index in [1.54, 1.807) is 25.1 Å². The first-order valence-electron chi connectivity index (χ1n) is 7.27. The molecule has 0 bridgehead atoms. The molecule has 3 rings (SSSR count). The van der Waals surface area contributed by atoms with Crippen molar-refractivity contribution >= 4 is 14.7 Å². The van der Waals surface area contributed by atoms with Gasteiger partial charge in [0.1, 0.15) is 17.1 Å². The lowest BCUT2D eigenvalue weighted by molar-refractivity contribution is 0.145. The van der Waals surface area contributed by atoms with E-state index in [0.717, 1.165) is 0 Å². The zero-order valence-corrected chi connectivity index (χ0v) is 14.0. The molecule has 1 aliphatic rings. The number of rotatable bonds is 2. The van der Waals surface area contributed by atoms with Crippen molar-refractivity contribution in [1.82, 2.24) is 0 Å². The molecule has 0 radical (unpaired) electrons.